The number of carbonyl (C=O) groups is 6. The van der Waals surface area contributed by atoms with Crippen molar-refractivity contribution in [3.63, 3.8) is 0 Å². The highest BCUT2D eigenvalue weighted by molar-refractivity contribution is 5.95. The molecule has 0 heterocycles. The molecule has 2 aromatic carbocycles. The molecule has 10 N–H and O–H groups in total. The smallest absolute Gasteiger partial charge is 0.326 e. The van der Waals surface area contributed by atoms with Crippen molar-refractivity contribution in [2.45, 2.75) is 56.3 Å². The third kappa shape index (κ3) is 10.9. The number of amides is 5. The number of rotatable bonds is 16. The Balaban J connectivity index is 2.24. The summed E-state index contributed by atoms with van der Waals surface area (Å²) in [7, 11) is 0. The zero-order valence-corrected chi connectivity index (χ0v) is 21.7. The lowest BCUT2D eigenvalue weighted by Gasteiger charge is -2.25. The van der Waals surface area contributed by atoms with Crippen molar-refractivity contribution < 1.29 is 33.9 Å². The predicted molar refractivity (Wildman–Crippen MR) is 144 cm³/mol. The van der Waals surface area contributed by atoms with Gasteiger partial charge >= 0.3 is 5.97 Å². The van der Waals surface area contributed by atoms with Crippen molar-refractivity contribution >= 4 is 35.5 Å². The van der Waals surface area contributed by atoms with Gasteiger partial charge in [-0.2, -0.15) is 0 Å². The topological polar surface area (TPSA) is 237 Å². The molecule has 13 heteroatoms. The number of carbonyl (C=O) groups excluding carboxylic acids is 5. The van der Waals surface area contributed by atoms with Crippen LogP contribution < -0.4 is 33.2 Å². The Morgan fingerprint density at radius 1 is 0.650 bits per heavy atom. The van der Waals surface area contributed by atoms with Gasteiger partial charge in [-0.1, -0.05) is 60.7 Å². The maximum absolute atomic E-state index is 13.3. The van der Waals surface area contributed by atoms with Crippen molar-refractivity contribution in [3.05, 3.63) is 71.8 Å². The van der Waals surface area contributed by atoms with Gasteiger partial charge in [0, 0.05) is 19.3 Å². The second kappa shape index (κ2) is 15.6. The summed E-state index contributed by atoms with van der Waals surface area (Å²) >= 11 is 0. The summed E-state index contributed by atoms with van der Waals surface area (Å²) in [6, 6.07) is 12.0. The maximum Gasteiger partial charge on any atom is 0.326 e. The van der Waals surface area contributed by atoms with Crippen LogP contribution in [0.5, 0.6) is 0 Å². The van der Waals surface area contributed by atoms with Crippen LogP contribution in [-0.2, 0) is 41.6 Å². The summed E-state index contributed by atoms with van der Waals surface area (Å²) in [5.74, 6) is -5.32. The highest BCUT2D eigenvalue weighted by Gasteiger charge is 2.31. The first-order chi connectivity index (χ1) is 19.0. The van der Waals surface area contributed by atoms with Gasteiger partial charge in [0.1, 0.15) is 18.1 Å². The van der Waals surface area contributed by atoms with Crippen LogP contribution in [0.2, 0.25) is 0 Å². The average molecular weight is 555 g/mol. The van der Waals surface area contributed by atoms with E-state index in [0.717, 1.165) is 0 Å². The van der Waals surface area contributed by atoms with E-state index in [2.05, 4.69) is 16.0 Å². The average Bonchev–Trinajstić information content (AvgIpc) is 2.90. The summed E-state index contributed by atoms with van der Waals surface area (Å²) < 4.78 is 0. The van der Waals surface area contributed by atoms with E-state index in [9.17, 15) is 33.9 Å². The van der Waals surface area contributed by atoms with Gasteiger partial charge in [0.05, 0.1) is 12.5 Å². The molecule has 214 valence electrons. The lowest BCUT2D eigenvalue weighted by Crippen LogP contribution is -2.58. The molecule has 4 unspecified atom stereocenters. The van der Waals surface area contributed by atoms with E-state index in [-0.39, 0.29) is 25.7 Å². The van der Waals surface area contributed by atoms with Crippen molar-refractivity contribution in [2.24, 2.45) is 17.2 Å². The zero-order chi connectivity index (χ0) is 29.7. The molecule has 40 heavy (non-hydrogen) atoms. The highest BCUT2D eigenvalue weighted by atomic mass is 16.4. The molecule has 5 amide bonds. The molecular weight excluding hydrogens is 520 g/mol. The second-order valence-electron chi connectivity index (χ2n) is 9.18. The fraction of sp³-hybridized carbons (Fsp3) is 0.333. The molecule has 0 spiro atoms. The van der Waals surface area contributed by atoms with Gasteiger partial charge < -0.3 is 38.3 Å². The summed E-state index contributed by atoms with van der Waals surface area (Å²) in [6.45, 7) is 0. The van der Waals surface area contributed by atoms with Crippen LogP contribution >= 0.6 is 0 Å². The Kier molecular flexibility index (Phi) is 12.3. The van der Waals surface area contributed by atoms with Crippen molar-refractivity contribution in [2.75, 3.05) is 0 Å². The quantitative estimate of drug-likeness (QED) is 0.128. The number of nitrogens with one attached hydrogen (secondary N) is 3. The molecular formula is C27H34N6O7. The minimum Gasteiger partial charge on any atom is -0.480 e. The summed E-state index contributed by atoms with van der Waals surface area (Å²) in [4.78, 5) is 73.5. The third-order valence-corrected chi connectivity index (χ3v) is 5.88. The van der Waals surface area contributed by atoms with Gasteiger partial charge in [-0.25, -0.2) is 4.79 Å². The van der Waals surface area contributed by atoms with Crippen LogP contribution in [-0.4, -0.2) is 64.8 Å². The fourth-order valence-corrected chi connectivity index (χ4v) is 3.80. The third-order valence-electron chi connectivity index (χ3n) is 5.88. The van der Waals surface area contributed by atoms with Gasteiger partial charge in [0.25, 0.3) is 0 Å². The molecule has 0 aliphatic heterocycles. The minimum absolute atomic E-state index is 0.00236. The molecule has 0 aliphatic carbocycles. The number of hydrogen-bond donors (Lipinski definition) is 7. The van der Waals surface area contributed by atoms with Crippen molar-refractivity contribution in [1.29, 1.82) is 0 Å². The Labute approximate surface area is 230 Å². The maximum atomic E-state index is 13.3. The van der Waals surface area contributed by atoms with E-state index in [0.29, 0.717) is 11.1 Å². The lowest BCUT2D eigenvalue weighted by atomic mass is 10.0. The predicted octanol–water partition coefficient (Wildman–Crippen LogP) is -1.52. The number of primary amides is 2. The first-order valence-electron chi connectivity index (χ1n) is 12.5. The van der Waals surface area contributed by atoms with Crippen LogP contribution in [0.15, 0.2) is 60.7 Å². The lowest BCUT2D eigenvalue weighted by molar-refractivity contribution is -0.142. The van der Waals surface area contributed by atoms with Crippen LogP contribution in [0.3, 0.4) is 0 Å². The number of aliphatic carboxylic acids is 1. The molecule has 13 nitrogen and oxygen atoms in total. The molecule has 2 aromatic rings. The zero-order valence-electron chi connectivity index (χ0n) is 21.7. The summed E-state index contributed by atoms with van der Waals surface area (Å²) in [5, 5.41) is 17.0. The van der Waals surface area contributed by atoms with Gasteiger partial charge in [-0.15, -0.1) is 0 Å². The van der Waals surface area contributed by atoms with E-state index in [1.54, 1.807) is 60.7 Å². The largest absolute Gasteiger partial charge is 0.480 e. The molecule has 0 saturated heterocycles. The fourth-order valence-electron chi connectivity index (χ4n) is 3.80. The molecule has 0 fully saturated rings. The van der Waals surface area contributed by atoms with E-state index in [1.165, 1.54) is 0 Å². The van der Waals surface area contributed by atoms with Crippen LogP contribution in [0, 0.1) is 0 Å². The normalized spacial score (nSPS) is 13.6. The van der Waals surface area contributed by atoms with Crippen LogP contribution in [0.25, 0.3) is 0 Å². The number of hydrogen-bond acceptors (Lipinski definition) is 7. The SMILES string of the molecule is NC(=O)CCC(NC(=O)C(Cc1ccccc1)NC(=O)C(N)CC(N)=O)C(=O)NC(Cc1ccccc1)C(=O)O. The first kappa shape index (κ1) is 31.4. The number of benzene rings is 2. The molecule has 0 radical (unpaired) electrons. The highest BCUT2D eigenvalue weighted by Crippen LogP contribution is 2.08. The van der Waals surface area contributed by atoms with Crippen molar-refractivity contribution in [3.8, 4) is 0 Å². The Hall–Kier alpha value is -4.78. The molecule has 0 aliphatic rings. The molecule has 0 aromatic heterocycles. The number of carboxylic acids is 1. The van der Waals surface area contributed by atoms with Gasteiger partial charge in [-0.3, -0.25) is 24.0 Å². The van der Waals surface area contributed by atoms with E-state index in [1.807, 2.05) is 0 Å². The van der Waals surface area contributed by atoms with E-state index >= 15 is 0 Å². The summed E-state index contributed by atoms with van der Waals surface area (Å²) in [5.41, 5.74) is 17.4. The summed E-state index contributed by atoms with van der Waals surface area (Å²) in [6.07, 6.45) is -0.987. The molecule has 2 rings (SSSR count). The standard InChI is InChI=1S/C27H34N6O7/c28-18(15-23(30)35)24(36)32-20(13-16-7-3-1-4-8-16)26(38)31-19(11-12-22(29)34)25(37)33-21(27(39)40)14-17-9-5-2-6-10-17/h1-10,18-21H,11-15,28H2,(H2,29,34)(H2,30,35)(H,31,38)(H,32,36)(H,33,37)(H,39,40). The van der Waals surface area contributed by atoms with Gasteiger partial charge in [0.15, 0.2) is 0 Å². The number of carboxylic acid groups (broad SMARTS) is 1. The van der Waals surface area contributed by atoms with Gasteiger partial charge in [0.2, 0.25) is 29.5 Å². The van der Waals surface area contributed by atoms with Crippen LogP contribution in [0.4, 0.5) is 0 Å². The van der Waals surface area contributed by atoms with Crippen LogP contribution in [0.1, 0.15) is 30.4 Å². The number of nitrogens with two attached hydrogens (primary N) is 3. The second-order valence-corrected chi connectivity index (χ2v) is 9.18. The van der Waals surface area contributed by atoms with Crippen molar-refractivity contribution in [1.82, 2.24) is 16.0 Å². The Morgan fingerprint density at radius 2 is 1.10 bits per heavy atom. The monoisotopic (exact) mass is 554 g/mol. The Bertz CT molecular complexity index is 1190. The van der Waals surface area contributed by atoms with E-state index < -0.39 is 66.1 Å². The molecule has 0 saturated carbocycles. The first-order valence-corrected chi connectivity index (χ1v) is 12.5. The van der Waals surface area contributed by atoms with E-state index in [4.69, 9.17) is 17.2 Å². The minimum atomic E-state index is -1.35. The molecule has 0 bridgehead atoms. The van der Waals surface area contributed by atoms with Gasteiger partial charge in [-0.05, 0) is 17.5 Å². The Morgan fingerprint density at radius 3 is 1.57 bits per heavy atom. The molecule has 4 atom stereocenters.